The quantitative estimate of drug-likeness (QED) is 0.811. The first-order chi connectivity index (χ1) is 9.85. The van der Waals surface area contributed by atoms with E-state index in [2.05, 4.69) is 26.1 Å². The summed E-state index contributed by atoms with van der Waals surface area (Å²) in [5, 5.41) is 3.24. The Bertz CT molecular complexity index is 350. The van der Waals surface area contributed by atoms with E-state index in [0.29, 0.717) is 17.9 Å². The number of hydrogen-bond acceptors (Lipinski definition) is 2. The monoisotopic (exact) mass is 294 g/mol. The highest BCUT2D eigenvalue weighted by Gasteiger charge is 2.34. The van der Waals surface area contributed by atoms with E-state index < -0.39 is 0 Å². The highest BCUT2D eigenvalue weighted by atomic mass is 16.1. The van der Waals surface area contributed by atoms with Crippen LogP contribution in [0.1, 0.15) is 85.0 Å². The standard InChI is InChI=1S/C18H34N2O/c1-4-17(2,3)14-7-9-15(10-8-14)20-16(21)13-18(19)11-5-6-12-18/h14-15H,4-13,19H2,1-3H3,(H,20,21). The van der Waals surface area contributed by atoms with E-state index in [0.717, 1.165) is 31.6 Å². The lowest BCUT2D eigenvalue weighted by Gasteiger charge is -2.39. The normalized spacial score (nSPS) is 29.3. The number of carbonyl (C=O) groups excluding carboxylic acids is 1. The minimum Gasteiger partial charge on any atom is -0.353 e. The number of carbonyl (C=O) groups is 1. The zero-order valence-electron chi connectivity index (χ0n) is 14.2. The van der Waals surface area contributed by atoms with Gasteiger partial charge in [-0.1, -0.05) is 40.0 Å². The molecule has 0 aromatic carbocycles. The van der Waals surface area contributed by atoms with Crippen LogP contribution in [0.25, 0.3) is 0 Å². The molecule has 1 amide bonds. The molecule has 2 rings (SSSR count). The van der Waals surface area contributed by atoms with Crippen molar-refractivity contribution < 1.29 is 4.79 Å². The first-order valence-corrected chi connectivity index (χ1v) is 8.93. The fourth-order valence-electron chi connectivity index (χ4n) is 4.16. The van der Waals surface area contributed by atoms with Crippen molar-refractivity contribution in [3.63, 3.8) is 0 Å². The lowest BCUT2D eigenvalue weighted by Crippen LogP contribution is -2.46. The first-order valence-electron chi connectivity index (χ1n) is 8.93. The fourth-order valence-corrected chi connectivity index (χ4v) is 4.16. The molecule has 0 bridgehead atoms. The van der Waals surface area contributed by atoms with E-state index >= 15 is 0 Å². The van der Waals surface area contributed by atoms with Gasteiger partial charge in [-0.25, -0.2) is 0 Å². The van der Waals surface area contributed by atoms with Crippen molar-refractivity contribution in [2.45, 2.75) is 96.6 Å². The summed E-state index contributed by atoms with van der Waals surface area (Å²) in [6, 6.07) is 0.381. The van der Waals surface area contributed by atoms with E-state index in [1.165, 1.54) is 32.1 Å². The van der Waals surface area contributed by atoms with Gasteiger partial charge in [0.1, 0.15) is 0 Å². The third kappa shape index (κ3) is 4.45. The van der Waals surface area contributed by atoms with Crippen LogP contribution < -0.4 is 11.1 Å². The van der Waals surface area contributed by atoms with Crippen LogP contribution in [0.4, 0.5) is 0 Å². The Morgan fingerprint density at radius 1 is 1.19 bits per heavy atom. The molecule has 3 nitrogen and oxygen atoms in total. The zero-order chi connectivity index (χ0) is 15.5. The van der Waals surface area contributed by atoms with E-state index in [9.17, 15) is 4.79 Å². The van der Waals surface area contributed by atoms with Crippen LogP contribution in [0.2, 0.25) is 0 Å². The summed E-state index contributed by atoms with van der Waals surface area (Å²) in [7, 11) is 0. The maximum absolute atomic E-state index is 12.2. The van der Waals surface area contributed by atoms with Gasteiger partial charge < -0.3 is 11.1 Å². The molecule has 0 aromatic rings. The van der Waals surface area contributed by atoms with Gasteiger partial charge in [0.2, 0.25) is 5.91 Å². The molecule has 2 aliphatic carbocycles. The molecule has 0 unspecified atom stereocenters. The number of hydrogen-bond donors (Lipinski definition) is 2. The Morgan fingerprint density at radius 3 is 2.29 bits per heavy atom. The van der Waals surface area contributed by atoms with Crippen molar-refractivity contribution in [1.29, 1.82) is 0 Å². The molecule has 0 heterocycles. The predicted molar refractivity (Wildman–Crippen MR) is 88.0 cm³/mol. The average molecular weight is 294 g/mol. The second kappa shape index (κ2) is 6.68. The van der Waals surface area contributed by atoms with Crippen LogP contribution in [0.5, 0.6) is 0 Å². The topological polar surface area (TPSA) is 55.1 Å². The molecular weight excluding hydrogens is 260 g/mol. The van der Waals surface area contributed by atoms with Crippen molar-refractivity contribution in [2.75, 3.05) is 0 Å². The molecule has 122 valence electrons. The Balaban J connectivity index is 1.74. The maximum Gasteiger partial charge on any atom is 0.222 e. The van der Waals surface area contributed by atoms with Gasteiger partial charge in [-0.05, 0) is 49.9 Å². The van der Waals surface area contributed by atoms with E-state index in [-0.39, 0.29) is 11.4 Å². The van der Waals surface area contributed by atoms with Gasteiger partial charge in [0.15, 0.2) is 0 Å². The van der Waals surface area contributed by atoms with Gasteiger partial charge in [0.05, 0.1) is 0 Å². The van der Waals surface area contributed by atoms with Gasteiger partial charge in [0, 0.05) is 18.0 Å². The molecule has 2 aliphatic rings. The molecule has 2 fully saturated rings. The number of amides is 1. The van der Waals surface area contributed by atoms with Gasteiger partial charge in [-0.3, -0.25) is 4.79 Å². The minimum atomic E-state index is -0.217. The fraction of sp³-hybridized carbons (Fsp3) is 0.944. The highest BCUT2D eigenvalue weighted by Crippen LogP contribution is 2.40. The van der Waals surface area contributed by atoms with Crippen molar-refractivity contribution in [3.8, 4) is 0 Å². The third-order valence-corrected chi connectivity index (χ3v) is 6.22. The van der Waals surface area contributed by atoms with Gasteiger partial charge >= 0.3 is 0 Å². The molecule has 2 saturated carbocycles. The molecule has 3 N–H and O–H groups in total. The van der Waals surface area contributed by atoms with E-state index in [1.54, 1.807) is 0 Å². The van der Waals surface area contributed by atoms with Crippen LogP contribution in [-0.2, 0) is 4.79 Å². The predicted octanol–water partition coefficient (Wildman–Crippen LogP) is 3.76. The average Bonchev–Trinajstić information content (AvgIpc) is 2.85. The summed E-state index contributed by atoms with van der Waals surface area (Å²) >= 11 is 0. The molecule has 0 aliphatic heterocycles. The van der Waals surface area contributed by atoms with Crippen LogP contribution in [0.3, 0.4) is 0 Å². The molecule has 3 heteroatoms. The van der Waals surface area contributed by atoms with Crippen molar-refractivity contribution in [2.24, 2.45) is 17.1 Å². The van der Waals surface area contributed by atoms with Gasteiger partial charge in [-0.15, -0.1) is 0 Å². The van der Waals surface area contributed by atoms with E-state index in [4.69, 9.17) is 5.73 Å². The maximum atomic E-state index is 12.2. The Morgan fingerprint density at radius 2 is 1.76 bits per heavy atom. The van der Waals surface area contributed by atoms with Crippen molar-refractivity contribution in [3.05, 3.63) is 0 Å². The summed E-state index contributed by atoms with van der Waals surface area (Å²) in [4.78, 5) is 12.2. The summed E-state index contributed by atoms with van der Waals surface area (Å²) in [6.45, 7) is 7.06. The molecule has 0 aromatic heterocycles. The van der Waals surface area contributed by atoms with Crippen LogP contribution in [0, 0.1) is 11.3 Å². The largest absolute Gasteiger partial charge is 0.353 e. The van der Waals surface area contributed by atoms with Crippen molar-refractivity contribution in [1.82, 2.24) is 5.32 Å². The SMILES string of the molecule is CCC(C)(C)C1CCC(NC(=O)CC2(N)CCCC2)CC1. The van der Waals surface area contributed by atoms with Crippen molar-refractivity contribution >= 4 is 5.91 Å². The van der Waals surface area contributed by atoms with Gasteiger partial charge in [-0.2, -0.15) is 0 Å². The van der Waals surface area contributed by atoms with Crippen LogP contribution in [-0.4, -0.2) is 17.5 Å². The number of nitrogens with two attached hydrogens (primary N) is 1. The number of rotatable bonds is 5. The smallest absolute Gasteiger partial charge is 0.222 e. The molecule has 0 saturated heterocycles. The third-order valence-electron chi connectivity index (χ3n) is 6.22. The molecular formula is C18H34N2O. The van der Waals surface area contributed by atoms with Gasteiger partial charge in [0.25, 0.3) is 0 Å². The van der Waals surface area contributed by atoms with Crippen LogP contribution in [0.15, 0.2) is 0 Å². The summed E-state index contributed by atoms with van der Waals surface area (Å²) < 4.78 is 0. The zero-order valence-corrected chi connectivity index (χ0v) is 14.2. The lowest BCUT2D eigenvalue weighted by atomic mass is 9.69. The molecule has 0 spiro atoms. The summed E-state index contributed by atoms with van der Waals surface area (Å²) in [6.07, 6.45) is 10.9. The number of nitrogens with one attached hydrogen (secondary N) is 1. The van der Waals surface area contributed by atoms with Crippen LogP contribution >= 0.6 is 0 Å². The Hall–Kier alpha value is -0.570. The Labute approximate surface area is 130 Å². The van der Waals surface area contributed by atoms with E-state index in [1.807, 2.05) is 0 Å². The minimum absolute atomic E-state index is 0.178. The molecule has 0 atom stereocenters. The summed E-state index contributed by atoms with van der Waals surface area (Å²) in [5.74, 6) is 0.990. The highest BCUT2D eigenvalue weighted by molar-refractivity contribution is 5.77. The Kier molecular flexibility index (Phi) is 5.34. The summed E-state index contributed by atoms with van der Waals surface area (Å²) in [5.41, 5.74) is 6.53. The molecule has 21 heavy (non-hydrogen) atoms. The second-order valence-corrected chi connectivity index (χ2v) is 8.20. The molecule has 0 radical (unpaired) electrons. The first kappa shape index (κ1) is 16.8. The lowest BCUT2D eigenvalue weighted by molar-refractivity contribution is -0.123. The second-order valence-electron chi connectivity index (χ2n) is 8.20.